The molecule has 0 saturated carbocycles. The Bertz CT molecular complexity index is 301. The molecule has 2 heterocycles. The smallest absolute Gasteiger partial charge is 0.274 e. The van der Waals surface area contributed by atoms with Gasteiger partial charge in [-0.15, -0.1) is 0 Å². The predicted molar refractivity (Wildman–Crippen MR) is 43.7 cm³/mol. The molecule has 12 heavy (non-hydrogen) atoms. The molecule has 1 aliphatic rings. The second-order valence-electron chi connectivity index (χ2n) is 3.02. The SMILES string of the molecule is Cn1ccc(C(=O)N2CCC2)n1. The Hall–Kier alpha value is -1.32. The Morgan fingerprint density at radius 3 is 2.75 bits per heavy atom. The van der Waals surface area contributed by atoms with E-state index in [1.807, 2.05) is 11.9 Å². The molecule has 64 valence electrons. The standard InChI is InChI=1S/C8H11N3O/c1-10-6-3-7(9-10)8(12)11-4-2-5-11/h3,6H,2,4-5H2,1H3. The van der Waals surface area contributed by atoms with E-state index in [4.69, 9.17) is 0 Å². The minimum Gasteiger partial charge on any atom is -0.337 e. The number of rotatable bonds is 1. The zero-order valence-electron chi connectivity index (χ0n) is 7.03. The largest absolute Gasteiger partial charge is 0.337 e. The van der Waals surface area contributed by atoms with Crippen LogP contribution in [0.5, 0.6) is 0 Å². The first kappa shape index (κ1) is 7.34. The molecule has 0 aliphatic carbocycles. The fraction of sp³-hybridized carbons (Fsp3) is 0.500. The highest BCUT2D eigenvalue weighted by molar-refractivity contribution is 5.92. The molecule has 1 aromatic rings. The third-order valence-electron chi connectivity index (χ3n) is 2.08. The minimum absolute atomic E-state index is 0.0573. The van der Waals surface area contributed by atoms with Crippen LogP contribution in [0.3, 0.4) is 0 Å². The van der Waals surface area contributed by atoms with Crippen LogP contribution >= 0.6 is 0 Å². The first-order valence-corrected chi connectivity index (χ1v) is 4.06. The topological polar surface area (TPSA) is 38.1 Å². The van der Waals surface area contributed by atoms with Crippen molar-refractivity contribution >= 4 is 5.91 Å². The number of carbonyl (C=O) groups excluding carboxylic acids is 1. The molecule has 0 spiro atoms. The number of aryl methyl sites for hydroxylation is 1. The van der Waals surface area contributed by atoms with Crippen molar-refractivity contribution in [3.8, 4) is 0 Å². The van der Waals surface area contributed by atoms with E-state index >= 15 is 0 Å². The number of carbonyl (C=O) groups is 1. The Labute approximate surface area is 70.8 Å². The molecule has 4 heteroatoms. The van der Waals surface area contributed by atoms with Crippen molar-refractivity contribution in [1.82, 2.24) is 14.7 Å². The summed E-state index contributed by atoms with van der Waals surface area (Å²) in [6.07, 6.45) is 2.91. The van der Waals surface area contributed by atoms with E-state index in [9.17, 15) is 4.79 Å². The van der Waals surface area contributed by atoms with Crippen molar-refractivity contribution in [3.05, 3.63) is 18.0 Å². The average Bonchev–Trinajstić information content (AvgIpc) is 2.31. The normalized spacial score (nSPS) is 15.9. The van der Waals surface area contributed by atoms with Crippen LogP contribution in [-0.4, -0.2) is 33.7 Å². The summed E-state index contributed by atoms with van der Waals surface area (Å²) in [5.41, 5.74) is 0.553. The van der Waals surface area contributed by atoms with Crippen molar-refractivity contribution in [2.45, 2.75) is 6.42 Å². The molecule has 0 aromatic carbocycles. The minimum atomic E-state index is 0.0573. The molecular weight excluding hydrogens is 154 g/mol. The maximum atomic E-state index is 11.5. The van der Waals surface area contributed by atoms with Gasteiger partial charge in [0.05, 0.1) is 0 Å². The van der Waals surface area contributed by atoms with Gasteiger partial charge in [-0.3, -0.25) is 9.48 Å². The van der Waals surface area contributed by atoms with Gasteiger partial charge in [0.2, 0.25) is 0 Å². The van der Waals surface area contributed by atoms with Crippen molar-refractivity contribution < 1.29 is 4.79 Å². The highest BCUT2D eigenvalue weighted by Gasteiger charge is 2.22. The van der Waals surface area contributed by atoms with E-state index in [2.05, 4.69) is 5.10 Å². The summed E-state index contributed by atoms with van der Waals surface area (Å²) < 4.78 is 1.65. The summed E-state index contributed by atoms with van der Waals surface area (Å²) >= 11 is 0. The quantitative estimate of drug-likeness (QED) is 0.599. The van der Waals surface area contributed by atoms with E-state index in [-0.39, 0.29) is 5.91 Å². The van der Waals surface area contributed by atoms with E-state index in [1.54, 1.807) is 16.9 Å². The zero-order chi connectivity index (χ0) is 8.55. The molecule has 4 nitrogen and oxygen atoms in total. The molecule has 1 aromatic heterocycles. The lowest BCUT2D eigenvalue weighted by atomic mass is 10.2. The third kappa shape index (κ3) is 1.09. The van der Waals surface area contributed by atoms with Gasteiger partial charge in [0.1, 0.15) is 5.69 Å². The van der Waals surface area contributed by atoms with Gasteiger partial charge in [-0.2, -0.15) is 5.10 Å². The molecule has 0 atom stereocenters. The van der Waals surface area contributed by atoms with Gasteiger partial charge >= 0.3 is 0 Å². The van der Waals surface area contributed by atoms with Crippen molar-refractivity contribution in [1.29, 1.82) is 0 Å². The van der Waals surface area contributed by atoms with Crippen LogP contribution in [-0.2, 0) is 7.05 Å². The summed E-state index contributed by atoms with van der Waals surface area (Å²) in [7, 11) is 1.81. The second kappa shape index (κ2) is 2.62. The van der Waals surface area contributed by atoms with Gasteiger partial charge in [-0.05, 0) is 12.5 Å². The van der Waals surface area contributed by atoms with Gasteiger partial charge in [-0.25, -0.2) is 0 Å². The molecule has 1 fully saturated rings. The Kier molecular flexibility index (Phi) is 1.60. The van der Waals surface area contributed by atoms with Gasteiger partial charge < -0.3 is 4.90 Å². The molecular formula is C8H11N3O. The zero-order valence-corrected chi connectivity index (χ0v) is 7.03. The number of hydrogen-bond donors (Lipinski definition) is 0. The van der Waals surface area contributed by atoms with Crippen molar-refractivity contribution in [3.63, 3.8) is 0 Å². The summed E-state index contributed by atoms with van der Waals surface area (Å²) in [6, 6.07) is 1.75. The maximum Gasteiger partial charge on any atom is 0.274 e. The molecule has 0 unspecified atom stereocenters. The Morgan fingerprint density at radius 2 is 2.33 bits per heavy atom. The van der Waals surface area contributed by atoms with Crippen LogP contribution in [0.4, 0.5) is 0 Å². The highest BCUT2D eigenvalue weighted by atomic mass is 16.2. The molecule has 0 radical (unpaired) electrons. The van der Waals surface area contributed by atoms with E-state index < -0.39 is 0 Å². The van der Waals surface area contributed by atoms with Crippen molar-refractivity contribution in [2.75, 3.05) is 13.1 Å². The molecule has 0 bridgehead atoms. The van der Waals surface area contributed by atoms with Crippen LogP contribution in [0.25, 0.3) is 0 Å². The lowest BCUT2D eigenvalue weighted by Crippen LogP contribution is -2.42. The first-order chi connectivity index (χ1) is 5.77. The third-order valence-corrected chi connectivity index (χ3v) is 2.08. The average molecular weight is 165 g/mol. The Morgan fingerprint density at radius 1 is 1.58 bits per heavy atom. The number of aromatic nitrogens is 2. The fourth-order valence-electron chi connectivity index (χ4n) is 1.21. The van der Waals surface area contributed by atoms with Crippen LogP contribution in [0, 0.1) is 0 Å². The molecule has 1 saturated heterocycles. The van der Waals surface area contributed by atoms with Crippen molar-refractivity contribution in [2.24, 2.45) is 7.05 Å². The van der Waals surface area contributed by atoms with E-state index in [0.29, 0.717) is 5.69 Å². The van der Waals surface area contributed by atoms with Crippen LogP contribution < -0.4 is 0 Å². The summed E-state index contributed by atoms with van der Waals surface area (Å²) in [5.74, 6) is 0.0573. The monoisotopic (exact) mass is 165 g/mol. The predicted octanol–water partition coefficient (Wildman–Crippen LogP) is 0.266. The van der Waals surface area contributed by atoms with Crippen LogP contribution in [0.1, 0.15) is 16.9 Å². The van der Waals surface area contributed by atoms with Gasteiger partial charge in [0, 0.05) is 26.3 Å². The Balaban J connectivity index is 2.13. The number of hydrogen-bond acceptors (Lipinski definition) is 2. The molecule has 1 aliphatic heterocycles. The van der Waals surface area contributed by atoms with Crippen LogP contribution in [0.2, 0.25) is 0 Å². The second-order valence-corrected chi connectivity index (χ2v) is 3.02. The molecule has 0 N–H and O–H groups in total. The summed E-state index contributed by atoms with van der Waals surface area (Å²) in [5, 5.41) is 4.04. The molecule has 1 amide bonds. The van der Waals surface area contributed by atoms with Gasteiger partial charge in [-0.1, -0.05) is 0 Å². The summed E-state index contributed by atoms with van der Waals surface area (Å²) in [6.45, 7) is 1.77. The number of amides is 1. The van der Waals surface area contributed by atoms with Crippen LogP contribution in [0.15, 0.2) is 12.3 Å². The lowest BCUT2D eigenvalue weighted by Gasteiger charge is -2.29. The number of nitrogens with zero attached hydrogens (tertiary/aromatic N) is 3. The first-order valence-electron chi connectivity index (χ1n) is 4.06. The molecule has 2 rings (SSSR count). The highest BCUT2D eigenvalue weighted by Crippen LogP contribution is 2.10. The number of likely N-dealkylation sites (tertiary alicyclic amines) is 1. The maximum absolute atomic E-state index is 11.5. The fourth-order valence-corrected chi connectivity index (χ4v) is 1.21. The van der Waals surface area contributed by atoms with Gasteiger partial charge in [0.25, 0.3) is 5.91 Å². The summed E-state index contributed by atoms with van der Waals surface area (Å²) in [4.78, 5) is 13.3. The van der Waals surface area contributed by atoms with Gasteiger partial charge in [0.15, 0.2) is 0 Å². The van der Waals surface area contributed by atoms with E-state index in [0.717, 1.165) is 19.5 Å². The van der Waals surface area contributed by atoms with E-state index in [1.165, 1.54) is 0 Å². The lowest BCUT2D eigenvalue weighted by molar-refractivity contribution is 0.0645.